The Morgan fingerprint density at radius 2 is 2.00 bits per heavy atom. The van der Waals surface area contributed by atoms with Gasteiger partial charge < -0.3 is 10.9 Å². The number of halogens is 1. The molecular weight excluding hydrogens is 314 g/mol. The van der Waals surface area contributed by atoms with Crippen molar-refractivity contribution in [2.45, 2.75) is 9.79 Å². The van der Waals surface area contributed by atoms with E-state index in [1.54, 1.807) is 36.4 Å². The summed E-state index contributed by atoms with van der Waals surface area (Å²) in [6.45, 7) is 0. The summed E-state index contributed by atoms with van der Waals surface area (Å²) in [5.41, 5.74) is 5.58. The minimum Gasteiger partial charge on any atom is -0.409 e. The number of rotatable bonds is 4. The lowest BCUT2D eigenvalue weighted by Crippen LogP contribution is -2.13. The lowest BCUT2D eigenvalue weighted by molar-refractivity contribution is -0.387. The average molecular weight is 324 g/mol. The Kier molecular flexibility index (Phi) is 4.66. The number of oxime groups is 1. The summed E-state index contributed by atoms with van der Waals surface area (Å²) in [6, 6.07) is 11.4. The minimum absolute atomic E-state index is 0.135. The number of hydrogen-bond donors (Lipinski definition) is 2. The zero-order chi connectivity index (χ0) is 15.4. The van der Waals surface area contributed by atoms with E-state index < -0.39 is 4.92 Å². The van der Waals surface area contributed by atoms with E-state index in [1.807, 2.05) is 0 Å². The Labute approximate surface area is 129 Å². The van der Waals surface area contributed by atoms with Crippen LogP contribution in [0.15, 0.2) is 57.4 Å². The average Bonchev–Trinajstić information content (AvgIpc) is 2.49. The second kappa shape index (κ2) is 6.47. The van der Waals surface area contributed by atoms with Crippen LogP contribution < -0.4 is 5.73 Å². The van der Waals surface area contributed by atoms with E-state index in [1.165, 1.54) is 17.8 Å². The van der Waals surface area contributed by atoms with Crippen molar-refractivity contribution in [3.63, 3.8) is 0 Å². The van der Waals surface area contributed by atoms with Gasteiger partial charge in [-0.3, -0.25) is 10.1 Å². The fraction of sp³-hybridized carbons (Fsp3) is 0. The first-order valence-electron chi connectivity index (χ1n) is 5.71. The molecule has 0 bridgehead atoms. The topological polar surface area (TPSA) is 102 Å². The van der Waals surface area contributed by atoms with E-state index >= 15 is 0 Å². The number of nitro benzene ring substituents is 1. The number of hydrogen-bond acceptors (Lipinski definition) is 5. The monoisotopic (exact) mass is 323 g/mol. The van der Waals surface area contributed by atoms with Crippen molar-refractivity contribution < 1.29 is 10.1 Å². The van der Waals surface area contributed by atoms with Gasteiger partial charge in [0.05, 0.1) is 14.8 Å². The number of amidine groups is 1. The van der Waals surface area contributed by atoms with Gasteiger partial charge in [0.15, 0.2) is 5.84 Å². The molecule has 0 amide bonds. The zero-order valence-electron chi connectivity index (χ0n) is 10.6. The fourth-order valence-corrected chi connectivity index (χ4v) is 2.78. The molecule has 0 saturated heterocycles. The lowest BCUT2D eigenvalue weighted by Gasteiger charge is -2.06. The molecule has 0 spiro atoms. The molecule has 2 rings (SSSR count). The molecule has 0 fully saturated rings. The van der Waals surface area contributed by atoms with Gasteiger partial charge >= 0.3 is 0 Å². The first kappa shape index (κ1) is 15.1. The molecular formula is C13H10ClN3O3S. The van der Waals surface area contributed by atoms with Gasteiger partial charge in [-0.25, -0.2) is 0 Å². The number of nitrogens with two attached hydrogens (primary N) is 1. The van der Waals surface area contributed by atoms with Crippen LogP contribution in [0, 0.1) is 10.1 Å². The third-order valence-electron chi connectivity index (χ3n) is 2.62. The first-order chi connectivity index (χ1) is 10.0. The molecule has 0 aliphatic heterocycles. The molecule has 6 nitrogen and oxygen atoms in total. The van der Waals surface area contributed by atoms with Gasteiger partial charge in [0.25, 0.3) is 5.69 Å². The van der Waals surface area contributed by atoms with Crippen molar-refractivity contribution in [2.75, 3.05) is 0 Å². The molecule has 3 N–H and O–H groups in total. The van der Waals surface area contributed by atoms with Crippen molar-refractivity contribution in [1.29, 1.82) is 0 Å². The predicted molar refractivity (Wildman–Crippen MR) is 81.2 cm³/mol. The van der Waals surface area contributed by atoms with Crippen LogP contribution in [-0.4, -0.2) is 16.0 Å². The van der Waals surface area contributed by atoms with Gasteiger partial charge in [0.2, 0.25) is 0 Å². The van der Waals surface area contributed by atoms with E-state index in [-0.39, 0.29) is 17.1 Å². The highest BCUT2D eigenvalue weighted by Crippen LogP contribution is 2.38. The molecule has 2 aromatic rings. The van der Waals surface area contributed by atoms with Gasteiger partial charge in [-0.05, 0) is 24.3 Å². The van der Waals surface area contributed by atoms with E-state index in [4.69, 9.17) is 22.5 Å². The van der Waals surface area contributed by atoms with Crippen LogP contribution in [0.3, 0.4) is 0 Å². The van der Waals surface area contributed by atoms with E-state index in [0.29, 0.717) is 14.8 Å². The SMILES string of the molecule is NC(=NO)c1ccc(Sc2ccccc2Cl)c([N+](=O)[O-])c1. The van der Waals surface area contributed by atoms with Crippen LogP contribution in [0.25, 0.3) is 0 Å². The van der Waals surface area contributed by atoms with Gasteiger partial charge in [-0.1, -0.05) is 40.7 Å². The largest absolute Gasteiger partial charge is 0.409 e. The fourth-order valence-electron chi connectivity index (χ4n) is 1.61. The molecule has 8 heteroatoms. The molecule has 0 aliphatic rings. The van der Waals surface area contributed by atoms with Crippen molar-refractivity contribution in [3.05, 3.63) is 63.2 Å². The van der Waals surface area contributed by atoms with Crippen molar-refractivity contribution >= 4 is 34.9 Å². The summed E-state index contributed by atoms with van der Waals surface area (Å²) in [4.78, 5) is 11.8. The van der Waals surface area contributed by atoms with Crippen LogP contribution >= 0.6 is 23.4 Å². The maximum absolute atomic E-state index is 11.2. The number of benzene rings is 2. The molecule has 0 aromatic heterocycles. The normalized spacial score (nSPS) is 11.4. The van der Waals surface area contributed by atoms with Crippen molar-refractivity contribution in [1.82, 2.24) is 0 Å². The standard InChI is InChI=1S/C13H10ClN3O3S/c14-9-3-1-2-4-11(9)21-12-6-5-8(13(15)16-18)7-10(12)17(19)20/h1-7,18H,(H2,15,16). The first-order valence-corrected chi connectivity index (χ1v) is 6.91. The third-order valence-corrected chi connectivity index (χ3v) is 4.20. The van der Waals surface area contributed by atoms with Gasteiger partial charge in [0.1, 0.15) is 0 Å². The summed E-state index contributed by atoms with van der Waals surface area (Å²) in [6.07, 6.45) is 0. The highest BCUT2D eigenvalue weighted by atomic mass is 35.5. The molecule has 0 heterocycles. The second-order valence-corrected chi connectivity index (χ2v) is 5.45. The van der Waals surface area contributed by atoms with Crippen LogP contribution in [0.1, 0.15) is 5.56 Å². The predicted octanol–water partition coefficient (Wildman–Crippen LogP) is 3.49. The molecule has 0 saturated carbocycles. The van der Waals surface area contributed by atoms with Crippen LogP contribution in [0.4, 0.5) is 5.69 Å². The summed E-state index contributed by atoms with van der Waals surface area (Å²) in [7, 11) is 0. The van der Waals surface area contributed by atoms with Gasteiger partial charge in [-0.2, -0.15) is 0 Å². The van der Waals surface area contributed by atoms with Crippen LogP contribution in [0.2, 0.25) is 5.02 Å². The third kappa shape index (κ3) is 3.45. The highest BCUT2D eigenvalue weighted by Gasteiger charge is 2.18. The Bertz CT molecular complexity index is 722. The molecule has 0 radical (unpaired) electrons. The maximum atomic E-state index is 11.2. The molecule has 0 unspecified atom stereocenters. The van der Waals surface area contributed by atoms with E-state index in [0.717, 1.165) is 0 Å². The Balaban J connectivity index is 2.44. The Morgan fingerprint density at radius 3 is 2.62 bits per heavy atom. The molecule has 0 atom stereocenters. The number of nitrogens with zero attached hydrogens (tertiary/aromatic N) is 2. The van der Waals surface area contributed by atoms with Gasteiger partial charge in [-0.15, -0.1) is 0 Å². The highest BCUT2D eigenvalue weighted by molar-refractivity contribution is 7.99. The molecule has 0 aliphatic carbocycles. The zero-order valence-corrected chi connectivity index (χ0v) is 12.1. The Morgan fingerprint density at radius 1 is 1.29 bits per heavy atom. The molecule has 108 valence electrons. The van der Waals surface area contributed by atoms with Crippen molar-refractivity contribution in [2.24, 2.45) is 10.9 Å². The van der Waals surface area contributed by atoms with Crippen LogP contribution in [-0.2, 0) is 0 Å². The van der Waals surface area contributed by atoms with Crippen molar-refractivity contribution in [3.8, 4) is 0 Å². The smallest absolute Gasteiger partial charge is 0.283 e. The minimum atomic E-state index is -0.521. The summed E-state index contributed by atoms with van der Waals surface area (Å²) < 4.78 is 0. The molecule has 2 aromatic carbocycles. The maximum Gasteiger partial charge on any atom is 0.283 e. The summed E-state index contributed by atoms with van der Waals surface area (Å²) in [5.74, 6) is -0.188. The van der Waals surface area contributed by atoms with E-state index in [2.05, 4.69) is 5.16 Å². The Hall–Kier alpha value is -2.25. The quantitative estimate of drug-likeness (QED) is 0.295. The second-order valence-electron chi connectivity index (χ2n) is 3.96. The van der Waals surface area contributed by atoms with E-state index in [9.17, 15) is 10.1 Å². The lowest BCUT2D eigenvalue weighted by atomic mass is 10.2. The summed E-state index contributed by atoms with van der Waals surface area (Å²) in [5, 5.41) is 23.1. The summed E-state index contributed by atoms with van der Waals surface area (Å²) >= 11 is 7.23. The van der Waals surface area contributed by atoms with Gasteiger partial charge in [0, 0.05) is 16.5 Å². The number of nitro groups is 1. The molecule has 21 heavy (non-hydrogen) atoms. The van der Waals surface area contributed by atoms with Crippen LogP contribution in [0.5, 0.6) is 0 Å².